The maximum Gasteiger partial charge on any atom is 0.229 e. The molecule has 0 bridgehead atoms. The molecule has 0 aromatic rings. The molecule has 0 spiro atoms. The van der Waals surface area contributed by atoms with Crippen molar-refractivity contribution in [3.63, 3.8) is 0 Å². The summed E-state index contributed by atoms with van der Waals surface area (Å²) in [6.45, 7) is 0.965. The minimum atomic E-state index is -0.0572. The Morgan fingerprint density at radius 3 is 2.47 bits per heavy atom. The van der Waals surface area contributed by atoms with Gasteiger partial charge in [-0.25, -0.2) is 0 Å². The topological polar surface area (TPSA) is 73.8 Å². The second-order valence-electron chi connectivity index (χ2n) is 4.71. The average Bonchev–Trinajstić information content (AvgIpc) is 3.15. The molecule has 0 unspecified atom stereocenters. The van der Waals surface area contributed by atoms with Gasteiger partial charge in [-0.1, -0.05) is 0 Å². The van der Waals surface area contributed by atoms with E-state index in [1.165, 1.54) is 17.7 Å². The lowest BCUT2D eigenvalue weighted by molar-refractivity contribution is -0.147. The van der Waals surface area contributed by atoms with E-state index in [0.717, 1.165) is 5.96 Å². The minimum Gasteiger partial charge on any atom is -0.355 e. The molecular weight excluding hydrogens is 359 g/mol. The lowest BCUT2D eigenvalue weighted by Crippen LogP contribution is -2.46. The summed E-state index contributed by atoms with van der Waals surface area (Å²) in [7, 11) is 1.72. The summed E-state index contributed by atoms with van der Waals surface area (Å²) in [5, 5.41) is 6.37. The van der Waals surface area contributed by atoms with E-state index in [4.69, 9.17) is 0 Å². The zero-order chi connectivity index (χ0) is 13.0. The summed E-state index contributed by atoms with van der Waals surface area (Å²) in [4.78, 5) is 28.6. The molecular formula is C12H21IN4O2. The van der Waals surface area contributed by atoms with E-state index in [-0.39, 0.29) is 35.8 Å². The van der Waals surface area contributed by atoms with E-state index in [0.29, 0.717) is 38.4 Å². The number of guanidine groups is 1. The van der Waals surface area contributed by atoms with E-state index in [1.807, 2.05) is 0 Å². The normalized spacial score (nSPS) is 20.1. The number of rotatable bonds is 4. The van der Waals surface area contributed by atoms with Crippen LogP contribution in [0.5, 0.6) is 0 Å². The third-order valence-corrected chi connectivity index (χ3v) is 3.15. The van der Waals surface area contributed by atoms with Crippen molar-refractivity contribution in [1.29, 1.82) is 0 Å². The van der Waals surface area contributed by atoms with E-state index in [1.54, 1.807) is 7.05 Å². The fourth-order valence-electron chi connectivity index (χ4n) is 1.95. The van der Waals surface area contributed by atoms with Gasteiger partial charge < -0.3 is 10.6 Å². The first-order chi connectivity index (χ1) is 8.70. The van der Waals surface area contributed by atoms with Crippen molar-refractivity contribution < 1.29 is 9.59 Å². The van der Waals surface area contributed by atoms with Crippen LogP contribution in [0.4, 0.5) is 0 Å². The molecule has 2 N–H and O–H groups in total. The second-order valence-corrected chi connectivity index (χ2v) is 4.71. The van der Waals surface area contributed by atoms with Gasteiger partial charge >= 0.3 is 0 Å². The number of hydrogen-bond donors (Lipinski definition) is 2. The van der Waals surface area contributed by atoms with Crippen LogP contribution in [0.25, 0.3) is 0 Å². The van der Waals surface area contributed by atoms with E-state index >= 15 is 0 Å². The highest BCUT2D eigenvalue weighted by Crippen LogP contribution is 2.18. The Kier molecular flexibility index (Phi) is 6.53. The molecule has 0 radical (unpaired) electrons. The van der Waals surface area contributed by atoms with Crippen LogP contribution in [0.3, 0.4) is 0 Å². The van der Waals surface area contributed by atoms with Crippen LogP contribution in [0.1, 0.15) is 32.1 Å². The second kappa shape index (κ2) is 7.66. The number of likely N-dealkylation sites (tertiary alicyclic amines) is 1. The fourth-order valence-corrected chi connectivity index (χ4v) is 1.95. The maximum atomic E-state index is 11.6. The maximum absolute atomic E-state index is 11.6. The van der Waals surface area contributed by atoms with E-state index in [2.05, 4.69) is 15.6 Å². The molecule has 7 heteroatoms. The number of carbonyl (C=O) groups is 2. The van der Waals surface area contributed by atoms with Crippen molar-refractivity contribution in [2.45, 2.75) is 38.1 Å². The molecule has 1 aliphatic carbocycles. The molecule has 0 atom stereocenters. The molecule has 0 aromatic carbocycles. The van der Waals surface area contributed by atoms with Gasteiger partial charge in [-0.15, -0.1) is 24.0 Å². The number of carbonyl (C=O) groups excluding carboxylic acids is 2. The molecule has 2 amide bonds. The highest BCUT2D eigenvalue weighted by atomic mass is 127. The van der Waals surface area contributed by atoms with Crippen molar-refractivity contribution in [2.75, 3.05) is 20.1 Å². The molecule has 6 nitrogen and oxygen atoms in total. The van der Waals surface area contributed by atoms with Gasteiger partial charge in [0.1, 0.15) is 0 Å². The Labute approximate surface area is 130 Å². The quantitative estimate of drug-likeness (QED) is 0.322. The predicted molar refractivity (Wildman–Crippen MR) is 83.5 cm³/mol. The van der Waals surface area contributed by atoms with Crippen LogP contribution in [0.15, 0.2) is 4.99 Å². The van der Waals surface area contributed by atoms with Gasteiger partial charge in [0.15, 0.2) is 5.96 Å². The summed E-state index contributed by atoms with van der Waals surface area (Å²) in [6.07, 6.45) is 4.03. The fraction of sp³-hybridized carbons (Fsp3) is 0.750. The first-order valence-corrected chi connectivity index (χ1v) is 6.51. The minimum absolute atomic E-state index is 0. The van der Waals surface area contributed by atoms with Crippen LogP contribution in [-0.2, 0) is 9.59 Å². The van der Waals surface area contributed by atoms with Crippen LogP contribution >= 0.6 is 24.0 Å². The number of imide groups is 1. The van der Waals surface area contributed by atoms with E-state index in [9.17, 15) is 9.59 Å². The van der Waals surface area contributed by atoms with Gasteiger partial charge in [-0.2, -0.15) is 0 Å². The monoisotopic (exact) mass is 380 g/mol. The number of aliphatic imine (C=N–C) groups is 1. The predicted octanol–water partition coefficient (Wildman–Crippen LogP) is 0.471. The van der Waals surface area contributed by atoms with Gasteiger partial charge in [0, 0.05) is 39.0 Å². The zero-order valence-corrected chi connectivity index (χ0v) is 13.5. The van der Waals surface area contributed by atoms with Crippen molar-refractivity contribution in [3.8, 4) is 0 Å². The lowest BCUT2D eigenvalue weighted by Gasteiger charge is -2.25. The number of hydrogen-bond acceptors (Lipinski definition) is 3. The number of amides is 2. The van der Waals surface area contributed by atoms with Gasteiger partial charge in [-0.3, -0.25) is 19.5 Å². The number of piperidine rings is 1. The van der Waals surface area contributed by atoms with Crippen LogP contribution in [0.2, 0.25) is 0 Å². The summed E-state index contributed by atoms with van der Waals surface area (Å²) in [5.74, 6) is 0.630. The summed E-state index contributed by atoms with van der Waals surface area (Å²) >= 11 is 0. The molecule has 0 aromatic heterocycles. The van der Waals surface area contributed by atoms with Crippen molar-refractivity contribution >= 4 is 41.8 Å². The first kappa shape index (κ1) is 16.2. The third-order valence-electron chi connectivity index (χ3n) is 3.15. The first-order valence-electron chi connectivity index (χ1n) is 6.51. The molecule has 2 aliphatic rings. The molecule has 1 saturated heterocycles. The van der Waals surface area contributed by atoms with Gasteiger partial charge in [-0.05, 0) is 19.3 Å². The average molecular weight is 380 g/mol. The molecule has 1 heterocycles. The number of nitrogens with zero attached hydrogens (tertiary/aromatic N) is 2. The Morgan fingerprint density at radius 2 is 1.95 bits per heavy atom. The number of nitrogens with one attached hydrogen (secondary N) is 2. The Bertz CT molecular complexity index is 353. The SMILES string of the molecule is CN=C(NCCN1C(=O)CCCC1=O)NC1CC1.I. The molecule has 1 saturated carbocycles. The Balaban J connectivity index is 0.00000180. The van der Waals surface area contributed by atoms with Crippen molar-refractivity contribution in [1.82, 2.24) is 15.5 Å². The highest BCUT2D eigenvalue weighted by Gasteiger charge is 2.25. The lowest BCUT2D eigenvalue weighted by atomic mass is 10.1. The smallest absolute Gasteiger partial charge is 0.229 e. The molecule has 108 valence electrons. The van der Waals surface area contributed by atoms with Crippen molar-refractivity contribution in [3.05, 3.63) is 0 Å². The van der Waals surface area contributed by atoms with Crippen molar-refractivity contribution in [2.24, 2.45) is 4.99 Å². The van der Waals surface area contributed by atoms with Gasteiger partial charge in [0.25, 0.3) is 0 Å². The summed E-state index contributed by atoms with van der Waals surface area (Å²) in [6, 6.07) is 0.537. The summed E-state index contributed by atoms with van der Waals surface area (Å²) in [5.41, 5.74) is 0. The van der Waals surface area contributed by atoms with Crippen LogP contribution in [-0.4, -0.2) is 48.9 Å². The van der Waals surface area contributed by atoms with Crippen LogP contribution in [0, 0.1) is 0 Å². The van der Waals surface area contributed by atoms with Crippen LogP contribution < -0.4 is 10.6 Å². The highest BCUT2D eigenvalue weighted by molar-refractivity contribution is 14.0. The molecule has 19 heavy (non-hydrogen) atoms. The molecule has 2 rings (SSSR count). The standard InChI is InChI=1S/C12H20N4O2.HI/c1-13-12(15-9-5-6-9)14-7-8-16-10(17)3-2-4-11(16)18;/h9H,2-8H2,1H3,(H2,13,14,15);1H. The van der Waals surface area contributed by atoms with Gasteiger partial charge in [0.2, 0.25) is 11.8 Å². The third kappa shape index (κ3) is 4.96. The van der Waals surface area contributed by atoms with Gasteiger partial charge in [0.05, 0.1) is 0 Å². The molecule has 1 aliphatic heterocycles. The Morgan fingerprint density at radius 1 is 1.32 bits per heavy atom. The summed E-state index contributed by atoms with van der Waals surface area (Å²) < 4.78 is 0. The number of halogens is 1. The largest absolute Gasteiger partial charge is 0.355 e. The van der Waals surface area contributed by atoms with E-state index < -0.39 is 0 Å². The zero-order valence-electron chi connectivity index (χ0n) is 11.1. The Hall–Kier alpha value is -0.860. The molecule has 2 fully saturated rings.